The van der Waals surface area contributed by atoms with E-state index in [2.05, 4.69) is 12.0 Å². The molecule has 0 spiro atoms. The molecule has 1 heterocycles. The number of carbonyl (C=O) groups excluding carboxylic acids is 1. The first-order valence-corrected chi connectivity index (χ1v) is 7.01. The number of ketones is 1. The van der Waals surface area contributed by atoms with Crippen LogP contribution >= 0.6 is 0 Å². The quantitative estimate of drug-likeness (QED) is 0.822. The van der Waals surface area contributed by atoms with Gasteiger partial charge in [0.05, 0.1) is 0 Å². The van der Waals surface area contributed by atoms with Gasteiger partial charge in [0.15, 0.2) is 5.78 Å². The highest BCUT2D eigenvalue weighted by molar-refractivity contribution is 5.96. The third-order valence-electron chi connectivity index (χ3n) is 3.54. The van der Waals surface area contributed by atoms with Gasteiger partial charge in [-0.2, -0.15) is 5.10 Å². The predicted molar refractivity (Wildman–Crippen MR) is 79.4 cm³/mol. The van der Waals surface area contributed by atoms with Crippen LogP contribution in [0.5, 0.6) is 0 Å². The summed E-state index contributed by atoms with van der Waals surface area (Å²) in [6, 6.07) is 11.2. The molecule has 0 aliphatic carbocycles. The van der Waals surface area contributed by atoms with Crippen molar-refractivity contribution in [1.82, 2.24) is 9.78 Å². The summed E-state index contributed by atoms with van der Waals surface area (Å²) in [7, 11) is 0. The highest BCUT2D eigenvalue weighted by Crippen LogP contribution is 2.22. The minimum Gasteiger partial charge on any atom is -0.323 e. The lowest BCUT2D eigenvalue weighted by molar-refractivity contribution is 0.0901. The molecule has 0 saturated carbocycles. The van der Waals surface area contributed by atoms with Crippen LogP contribution in [0.3, 0.4) is 0 Å². The summed E-state index contributed by atoms with van der Waals surface area (Å²) in [4.78, 5) is 12.6. The lowest BCUT2D eigenvalue weighted by atomic mass is 9.90. The highest BCUT2D eigenvalue weighted by atomic mass is 16.1. The van der Waals surface area contributed by atoms with Crippen molar-refractivity contribution in [2.45, 2.75) is 32.9 Å². The summed E-state index contributed by atoms with van der Waals surface area (Å²) in [5.41, 5.74) is 7.84. The molecule has 0 aliphatic heterocycles. The van der Waals surface area contributed by atoms with Crippen molar-refractivity contribution in [1.29, 1.82) is 0 Å². The third-order valence-corrected chi connectivity index (χ3v) is 3.54. The number of aromatic nitrogens is 2. The van der Waals surface area contributed by atoms with Gasteiger partial charge in [0.1, 0.15) is 5.69 Å². The Morgan fingerprint density at radius 3 is 2.65 bits per heavy atom. The van der Waals surface area contributed by atoms with Crippen LogP contribution in [0, 0.1) is 5.92 Å². The highest BCUT2D eigenvalue weighted by Gasteiger charge is 2.25. The first-order chi connectivity index (χ1) is 9.65. The maximum Gasteiger partial charge on any atom is 0.185 e. The van der Waals surface area contributed by atoms with Crippen molar-refractivity contribution in [2.24, 2.45) is 11.7 Å². The number of aryl methyl sites for hydroxylation is 1. The summed E-state index contributed by atoms with van der Waals surface area (Å²) in [5.74, 6) is -0.225. The zero-order valence-electron chi connectivity index (χ0n) is 12.0. The van der Waals surface area contributed by atoms with Crippen LogP contribution in [0.2, 0.25) is 0 Å². The smallest absolute Gasteiger partial charge is 0.185 e. The average Bonchev–Trinajstić information content (AvgIpc) is 2.94. The zero-order chi connectivity index (χ0) is 14.5. The molecule has 20 heavy (non-hydrogen) atoms. The molecule has 4 heteroatoms. The van der Waals surface area contributed by atoms with Crippen LogP contribution in [-0.2, 0) is 6.54 Å². The third kappa shape index (κ3) is 2.96. The van der Waals surface area contributed by atoms with Crippen LogP contribution in [0.4, 0.5) is 0 Å². The number of nitrogens with two attached hydrogens (primary N) is 1. The van der Waals surface area contributed by atoms with Gasteiger partial charge in [-0.25, -0.2) is 0 Å². The van der Waals surface area contributed by atoms with E-state index in [-0.39, 0.29) is 17.7 Å². The molecule has 2 N–H and O–H groups in total. The molecule has 2 rings (SSSR count). The van der Waals surface area contributed by atoms with Gasteiger partial charge < -0.3 is 5.73 Å². The number of rotatable bonds is 6. The Bertz CT molecular complexity index is 562. The number of benzene rings is 1. The van der Waals surface area contributed by atoms with E-state index in [4.69, 9.17) is 5.73 Å². The number of hydrogen-bond acceptors (Lipinski definition) is 3. The molecular formula is C16H21N3O. The van der Waals surface area contributed by atoms with Gasteiger partial charge in [-0.05, 0) is 18.1 Å². The average molecular weight is 271 g/mol. The lowest BCUT2D eigenvalue weighted by Gasteiger charge is -2.19. The predicted octanol–water partition coefficient (Wildman–Crippen LogP) is 2.81. The second kappa shape index (κ2) is 6.48. The molecular weight excluding hydrogens is 250 g/mol. The van der Waals surface area contributed by atoms with Crippen molar-refractivity contribution < 1.29 is 4.79 Å². The maximum atomic E-state index is 12.6. The molecule has 2 aromatic rings. The van der Waals surface area contributed by atoms with E-state index in [1.54, 1.807) is 16.9 Å². The van der Waals surface area contributed by atoms with E-state index in [1.165, 1.54) is 0 Å². The van der Waals surface area contributed by atoms with Gasteiger partial charge in [0.2, 0.25) is 0 Å². The first kappa shape index (κ1) is 14.5. The fraction of sp³-hybridized carbons (Fsp3) is 0.375. The number of nitrogens with zero attached hydrogens (tertiary/aromatic N) is 2. The first-order valence-electron chi connectivity index (χ1n) is 7.01. The minimum absolute atomic E-state index is 0.0484. The summed E-state index contributed by atoms with van der Waals surface area (Å²) < 4.78 is 1.76. The fourth-order valence-electron chi connectivity index (χ4n) is 2.29. The Kier molecular flexibility index (Phi) is 4.69. The topological polar surface area (TPSA) is 60.9 Å². The van der Waals surface area contributed by atoms with Crippen molar-refractivity contribution in [3.8, 4) is 0 Å². The molecule has 106 valence electrons. The van der Waals surface area contributed by atoms with Crippen LogP contribution in [-0.4, -0.2) is 15.6 Å². The second-order valence-electron chi connectivity index (χ2n) is 5.03. The fourth-order valence-corrected chi connectivity index (χ4v) is 2.29. The van der Waals surface area contributed by atoms with Crippen LogP contribution in [0.1, 0.15) is 42.4 Å². The van der Waals surface area contributed by atoms with E-state index in [1.807, 2.05) is 37.3 Å². The van der Waals surface area contributed by atoms with Gasteiger partial charge in [-0.15, -0.1) is 0 Å². The lowest BCUT2D eigenvalue weighted by Crippen LogP contribution is -2.27. The molecule has 2 atom stereocenters. The summed E-state index contributed by atoms with van der Waals surface area (Å²) in [6.07, 6.45) is 2.62. The number of carbonyl (C=O) groups is 1. The molecule has 1 aromatic heterocycles. The molecule has 1 aromatic carbocycles. The molecule has 0 fully saturated rings. The zero-order valence-corrected chi connectivity index (χ0v) is 12.0. The van der Waals surface area contributed by atoms with Crippen LogP contribution < -0.4 is 5.73 Å². The summed E-state index contributed by atoms with van der Waals surface area (Å²) in [6.45, 7) is 4.69. The minimum atomic E-state index is -0.298. The Morgan fingerprint density at radius 1 is 1.30 bits per heavy atom. The van der Waals surface area contributed by atoms with Crippen LogP contribution in [0.25, 0.3) is 0 Å². The monoisotopic (exact) mass is 271 g/mol. The molecule has 4 nitrogen and oxygen atoms in total. The van der Waals surface area contributed by atoms with Gasteiger partial charge in [0, 0.05) is 24.7 Å². The van der Waals surface area contributed by atoms with Crippen molar-refractivity contribution in [3.05, 3.63) is 53.9 Å². The normalized spacial score (nSPS) is 13.9. The van der Waals surface area contributed by atoms with Gasteiger partial charge in [-0.1, -0.05) is 44.2 Å². The van der Waals surface area contributed by atoms with Gasteiger partial charge in [0.25, 0.3) is 0 Å². The number of hydrogen-bond donors (Lipinski definition) is 1. The molecule has 0 amide bonds. The SMILES string of the molecule is CCCn1nccc1C(=O)C(C)C(N)c1ccccc1. The molecule has 0 saturated heterocycles. The van der Waals surface area contributed by atoms with Gasteiger partial charge >= 0.3 is 0 Å². The van der Waals surface area contributed by atoms with Crippen molar-refractivity contribution >= 4 is 5.78 Å². The van der Waals surface area contributed by atoms with E-state index in [0.717, 1.165) is 18.5 Å². The van der Waals surface area contributed by atoms with E-state index < -0.39 is 0 Å². The maximum absolute atomic E-state index is 12.6. The molecule has 2 unspecified atom stereocenters. The molecule has 0 aliphatic rings. The molecule has 0 bridgehead atoms. The Morgan fingerprint density at radius 2 is 2.00 bits per heavy atom. The second-order valence-corrected chi connectivity index (χ2v) is 5.03. The van der Waals surface area contributed by atoms with Crippen molar-refractivity contribution in [3.63, 3.8) is 0 Å². The Labute approximate surface area is 119 Å². The largest absolute Gasteiger partial charge is 0.323 e. The van der Waals surface area contributed by atoms with E-state index in [9.17, 15) is 4.79 Å². The number of Topliss-reactive ketones (excluding diaryl/α,β-unsaturated/α-hetero) is 1. The Balaban J connectivity index is 2.18. The summed E-state index contributed by atoms with van der Waals surface area (Å²) >= 11 is 0. The van der Waals surface area contributed by atoms with E-state index >= 15 is 0 Å². The van der Waals surface area contributed by atoms with E-state index in [0.29, 0.717) is 5.69 Å². The Hall–Kier alpha value is -1.94. The van der Waals surface area contributed by atoms with Crippen LogP contribution in [0.15, 0.2) is 42.6 Å². The summed E-state index contributed by atoms with van der Waals surface area (Å²) in [5, 5.41) is 4.20. The van der Waals surface area contributed by atoms with Gasteiger partial charge in [-0.3, -0.25) is 9.48 Å². The molecule has 0 radical (unpaired) electrons. The van der Waals surface area contributed by atoms with Crippen molar-refractivity contribution in [2.75, 3.05) is 0 Å². The standard InChI is InChI=1S/C16H21N3O/c1-3-11-19-14(9-10-18-19)16(20)12(2)15(17)13-7-5-4-6-8-13/h4-10,12,15H,3,11,17H2,1-2H3.